The van der Waals surface area contributed by atoms with Crippen LogP contribution >= 0.6 is 11.3 Å². The Morgan fingerprint density at radius 1 is 0.489 bits per heavy atom. The molecule has 0 atom stereocenters. The normalized spacial score (nSPS) is 12.4. The molecule has 0 saturated carbocycles. The summed E-state index contributed by atoms with van der Waals surface area (Å²) in [6.07, 6.45) is 0.549. The second kappa shape index (κ2) is 10.1. The summed E-state index contributed by atoms with van der Waals surface area (Å²) in [5.41, 5.74) is 8.77. The Balaban J connectivity index is 1.16. The number of anilines is 3. The van der Waals surface area contributed by atoms with Crippen molar-refractivity contribution in [3.05, 3.63) is 163 Å². The Kier molecular flexibility index (Phi) is 5.69. The van der Waals surface area contributed by atoms with Crippen LogP contribution in [0.2, 0.25) is 0 Å². The van der Waals surface area contributed by atoms with Crippen LogP contribution in [0.1, 0.15) is 11.1 Å². The minimum atomic E-state index is 0.549. The molecule has 220 valence electrons. The van der Waals surface area contributed by atoms with Gasteiger partial charge in [0.2, 0.25) is 0 Å². The first-order chi connectivity index (χ1) is 23.2. The average molecular weight is 617 g/mol. The van der Waals surface area contributed by atoms with E-state index < -0.39 is 0 Å². The number of nitrogens with zero attached hydrogens (tertiary/aromatic N) is 1. The molecule has 1 aliphatic rings. The number of hydrogen-bond donors (Lipinski definition) is 1. The summed E-state index contributed by atoms with van der Waals surface area (Å²) in [5, 5.41) is 19.2. The van der Waals surface area contributed by atoms with Crippen LogP contribution in [0.5, 0.6) is 0 Å². The van der Waals surface area contributed by atoms with E-state index in [1.54, 1.807) is 11.3 Å². The third-order valence-corrected chi connectivity index (χ3v) is 10.9. The maximum atomic E-state index is 9.29. The van der Waals surface area contributed by atoms with E-state index in [-0.39, 0.29) is 0 Å². The quantitative estimate of drug-likeness (QED) is 0.196. The molecular formula is C44H28N2S. The second-order valence-electron chi connectivity index (χ2n) is 12.5. The van der Waals surface area contributed by atoms with Gasteiger partial charge in [-0.1, -0.05) is 115 Å². The van der Waals surface area contributed by atoms with Crippen LogP contribution in [-0.4, -0.2) is 5.71 Å². The minimum Gasteiger partial charge on any atom is -0.309 e. The first-order valence-corrected chi connectivity index (χ1v) is 16.9. The predicted molar refractivity (Wildman–Crippen MR) is 203 cm³/mol. The summed E-state index contributed by atoms with van der Waals surface area (Å²) in [7, 11) is 0. The van der Waals surface area contributed by atoms with Gasteiger partial charge in [0.1, 0.15) is 0 Å². The predicted octanol–water partition coefficient (Wildman–Crippen LogP) is 12.6. The van der Waals surface area contributed by atoms with E-state index in [9.17, 15) is 5.41 Å². The van der Waals surface area contributed by atoms with Crippen molar-refractivity contribution in [1.82, 2.24) is 0 Å². The van der Waals surface area contributed by atoms with Crippen molar-refractivity contribution in [3.63, 3.8) is 0 Å². The molecule has 2 nitrogen and oxygen atoms in total. The number of benzene rings is 8. The third kappa shape index (κ3) is 4.07. The van der Waals surface area contributed by atoms with E-state index in [0.717, 1.165) is 16.8 Å². The highest BCUT2D eigenvalue weighted by atomic mass is 32.1. The molecule has 0 aliphatic carbocycles. The fraction of sp³-hybridized carbons (Fsp3) is 0.0227. The summed E-state index contributed by atoms with van der Waals surface area (Å²) < 4.78 is 2.52. The summed E-state index contributed by atoms with van der Waals surface area (Å²) in [6, 6.07) is 55.0. The number of rotatable bonds is 4. The molecule has 1 N–H and O–H groups in total. The maximum Gasteiger partial charge on any atom is 0.0547 e. The minimum absolute atomic E-state index is 0.549. The lowest BCUT2D eigenvalue weighted by Gasteiger charge is -2.35. The average Bonchev–Trinajstić information content (AvgIpc) is 3.49. The van der Waals surface area contributed by atoms with Gasteiger partial charge in [0.25, 0.3) is 0 Å². The molecule has 0 bridgehead atoms. The van der Waals surface area contributed by atoms with E-state index in [2.05, 4.69) is 157 Å². The Morgan fingerprint density at radius 2 is 1.19 bits per heavy atom. The Morgan fingerprint density at radius 3 is 2.06 bits per heavy atom. The number of hydrogen-bond acceptors (Lipinski definition) is 3. The van der Waals surface area contributed by atoms with E-state index in [1.807, 2.05) is 0 Å². The van der Waals surface area contributed by atoms with Crippen LogP contribution < -0.4 is 4.90 Å². The highest BCUT2D eigenvalue weighted by molar-refractivity contribution is 7.25. The summed E-state index contributed by atoms with van der Waals surface area (Å²) in [5.74, 6) is 0. The SMILES string of the molecule is N=C(Cc1cc(N2c3cc4ccccc4cc3-c3cccc4cccc2c34)c2ccccc2c1)c1ccc2c(c1)sc1ccccc12. The van der Waals surface area contributed by atoms with Crippen LogP contribution in [0.15, 0.2) is 152 Å². The van der Waals surface area contributed by atoms with E-state index in [0.29, 0.717) is 12.1 Å². The molecule has 0 unspecified atom stereocenters. The number of fused-ring (bicyclic) bond motifs is 7. The lowest BCUT2D eigenvalue weighted by Crippen LogP contribution is -2.16. The van der Waals surface area contributed by atoms with Crippen LogP contribution in [0.25, 0.3) is 63.6 Å². The lowest BCUT2D eigenvalue weighted by molar-refractivity contribution is 1.25. The fourth-order valence-electron chi connectivity index (χ4n) is 7.61. The molecule has 0 amide bonds. The van der Waals surface area contributed by atoms with Crippen LogP contribution in [-0.2, 0) is 6.42 Å². The van der Waals surface area contributed by atoms with Gasteiger partial charge in [0.15, 0.2) is 0 Å². The zero-order valence-corrected chi connectivity index (χ0v) is 26.3. The standard InChI is InChI=1S/C44H28N2S/c45-38(32-19-20-35-34-15-5-6-18-42(34)47-43(35)26-32)22-27-21-31-11-3-4-14-33(31)40(23-27)46-39-17-8-13-28-12-7-16-36(44(28)39)37-24-29-9-1-2-10-30(29)25-41(37)46/h1-21,23-26,45H,22H2. The molecule has 1 aromatic heterocycles. The maximum absolute atomic E-state index is 9.29. The molecular weight excluding hydrogens is 589 g/mol. The summed E-state index contributed by atoms with van der Waals surface area (Å²) in [4.78, 5) is 2.47. The van der Waals surface area contributed by atoms with Gasteiger partial charge in [-0.25, -0.2) is 0 Å². The molecule has 0 saturated heterocycles. The van der Waals surface area contributed by atoms with Gasteiger partial charge in [-0.3, -0.25) is 0 Å². The molecule has 9 aromatic rings. The van der Waals surface area contributed by atoms with Crippen LogP contribution in [0, 0.1) is 5.41 Å². The highest BCUT2D eigenvalue weighted by Crippen LogP contribution is 2.53. The van der Waals surface area contributed by atoms with Gasteiger partial charge in [0, 0.05) is 48.6 Å². The van der Waals surface area contributed by atoms with Gasteiger partial charge in [-0.2, -0.15) is 0 Å². The molecule has 0 radical (unpaired) electrons. The van der Waals surface area contributed by atoms with Gasteiger partial charge in [-0.15, -0.1) is 11.3 Å². The summed E-state index contributed by atoms with van der Waals surface area (Å²) >= 11 is 1.81. The largest absolute Gasteiger partial charge is 0.309 e. The molecule has 0 fully saturated rings. The van der Waals surface area contributed by atoms with Gasteiger partial charge < -0.3 is 10.3 Å². The van der Waals surface area contributed by atoms with Crippen molar-refractivity contribution < 1.29 is 0 Å². The zero-order chi connectivity index (χ0) is 31.1. The lowest BCUT2D eigenvalue weighted by atomic mass is 9.88. The topological polar surface area (TPSA) is 27.1 Å². The fourth-order valence-corrected chi connectivity index (χ4v) is 8.75. The Labute approximate surface area is 276 Å². The van der Waals surface area contributed by atoms with Crippen LogP contribution in [0.4, 0.5) is 17.1 Å². The van der Waals surface area contributed by atoms with Crippen molar-refractivity contribution in [3.8, 4) is 11.1 Å². The molecule has 0 spiro atoms. The van der Waals surface area contributed by atoms with Gasteiger partial charge in [-0.05, 0) is 74.6 Å². The second-order valence-corrected chi connectivity index (χ2v) is 13.6. The highest BCUT2D eigenvalue weighted by Gasteiger charge is 2.28. The van der Waals surface area contributed by atoms with Crippen molar-refractivity contribution >= 4 is 86.6 Å². The van der Waals surface area contributed by atoms with Crippen LogP contribution in [0.3, 0.4) is 0 Å². The molecule has 10 rings (SSSR count). The molecule has 1 aliphatic heterocycles. The van der Waals surface area contributed by atoms with Crippen molar-refractivity contribution in [2.75, 3.05) is 4.90 Å². The van der Waals surface area contributed by atoms with Crippen molar-refractivity contribution in [2.24, 2.45) is 0 Å². The van der Waals surface area contributed by atoms with Crippen molar-refractivity contribution in [1.29, 1.82) is 5.41 Å². The smallest absolute Gasteiger partial charge is 0.0547 e. The summed E-state index contributed by atoms with van der Waals surface area (Å²) in [6.45, 7) is 0. The van der Waals surface area contributed by atoms with E-state index in [4.69, 9.17) is 0 Å². The molecule has 47 heavy (non-hydrogen) atoms. The first-order valence-electron chi connectivity index (χ1n) is 16.1. The third-order valence-electron chi connectivity index (χ3n) is 9.77. The van der Waals surface area contributed by atoms with Gasteiger partial charge in [0.05, 0.1) is 17.1 Å². The number of thiophene rings is 1. The first kappa shape index (κ1) is 26.4. The number of nitrogens with one attached hydrogen (secondary N) is 1. The van der Waals surface area contributed by atoms with E-state index in [1.165, 1.54) is 75.0 Å². The van der Waals surface area contributed by atoms with E-state index >= 15 is 0 Å². The monoisotopic (exact) mass is 616 g/mol. The molecule has 3 heteroatoms. The Hall–Kier alpha value is -5.77. The van der Waals surface area contributed by atoms with Crippen molar-refractivity contribution in [2.45, 2.75) is 6.42 Å². The zero-order valence-electron chi connectivity index (χ0n) is 25.5. The van der Waals surface area contributed by atoms with Gasteiger partial charge >= 0.3 is 0 Å². The molecule has 8 aromatic carbocycles. The molecule has 2 heterocycles. The Bertz CT molecular complexity index is 2750.